The molecular weight excluding hydrogens is 269 g/mol. The number of hydrogen-bond donors (Lipinski definition) is 2. The number of hydrogen-bond acceptors (Lipinski definition) is 2. The molecule has 0 saturated heterocycles. The minimum absolute atomic E-state index is 0.0747. The number of carbonyl (C=O) groups is 1. The summed E-state index contributed by atoms with van der Waals surface area (Å²) in [6.45, 7) is -0.0757. The van der Waals surface area contributed by atoms with Crippen LogP contribution in [0.5, 0.6) is 0 Å². The fraction of sp³-hybridized carbons (Fsp3) is 0.500. The summed E-state index contributed by atoms with van der Waals surface area (Å²) < 4.78 is 13.1. The Bertz CT molecular complexity index is 473. The fourth-order valence-corrected chi connectivity index (χ4v) is 2.68. The Morgan fingerprint density at radius 1 is 1.37 bits per heavy atom. The molecule has 1 aromatic carbocycles. The quantitative estimate of drug-likeness (QED) is 0.897. The summed E-state index contributed by atoms with van der Waals surface area (Å²) in [5.41, 5.74) is -0.235. The standard InChI is InChI=1S/C14H17ClFNO2/c15-11-8-10(4-5-12(11)16)13(19)17-14(9-18)6-2-1-3-7-14/h4-5,8,18H,1-3,6-7,9H2,(H,17,19). The van der Waals surface area contributed by atoms with Gasteiger partial charge < -0.3 is 10.4 Å². The Morgan fingerprint density at radius 3 is 2.63 bits per heavy atom. The lowest BCUT2D eigenvalue weighted by Gasteiger charge is -2.36. The van der Waals surface area contributed by atoms with E-state index in [1.54, 1.807) is 0 Å². The molecule has 0 bridgehead atoms. The number of halogens is 2. The smallest absolute Gasteiger partial charge is 0.251 e. The zero-order valence-electron chi connectivity index (χ0n) is 10.6. The molecule has 0 atom stereocenters. The van der Waals surface area contributed by atoms with Crippen LogP contribution < -0.4 is 5.32 Å². The first-order valence-electron chi connectivity index (χ1n) is 6.45. The minimum Gasteiger partial charge on any atom is -0.394 e. The molecule has 0 spiro atoms. The molecule has 3 nitrogen and oxygen atoms in total. The van der Waals surface area contributed by atoms with Gasteiger partial charge in [-0.15, -0.1) is 0 Å². The highest BCUT2D eigenvalue weighted by Crippen LogP contribution is 2.28. The molecule has 2 rings (SSSR count). The van der Waals surface area contributed by atoms with E-state index in [9.17, 15) is 14.3 Å². The van der Waals surface area contributed by atoms with E-state index in [2.05, 4.69) is 5.32 Å². The lowest BCUT2D eigenvalue weighted by molar-refractivity contribution is 0.0758. The third-order valence-corrected chi connectivity index (χ3v) is 3.96. The molecule has 1 aliphatic rings. The van der Waals surface area contributed by atoms with Gasteiger partial charge in [-0.05, 0) is 31.0 Å². The van der Waals surface area contributed by atoms with E-state index in [0.717, 1.165) is 32.1 Å². The highest BCUT2D eigenvalue weighted by Gasteiger charge is 2.33. The van der Waals surface area contributed by atoms with Gasteiger partial charge in [0, 0.05) is 5.56 Å². The highest BCUT2D eigenvalue weighted by molar-refractivity contribution is 6.31. The molecule has 0 aliphatic heterocycles. The molecule has 1 amide bonds. The van der Waals surface area contributed by atoms with Crippen LogP contribution in [0, 0.1) is 5.82 Å². The van der Waals surface area contributed by atoms with Gasteiger partial charge in [0.15, 0.2) is 0 Å². The van der Waals surface area contributed by atoms with Gasteiger partial charge in [-0.25, -0.2) is 4.39 Å². The highest BCUT2D eigenvalue weighted by atomic mass is 35.5. The van der Waals surface area contributed by atoms with Crippen molar-refractivity contribution in [1.29, 1.82) is 0 Å². The van der Waals surface area contributed by atoms with Gasteiger partial charge in [0.2, 0.25) is 0 Å². The second kappa shape index (κ2) is 5.88. The van der Waals surface area contributed by atoms with Crippen LogP contribution >= 0.6 is 11.6 Å². The number of nitrogens with one attached hydrogen (secondary N) is 1. The maximum atomic E-state index is 13.1. The van der Waals surface area contributed by atoms with Crippen molar-refractivity contribution in [3.8, 4) is 0 Å². The SMILES string of the molecule is O=C(NC1(CO)CCCCC1)c1ccc(F)c(Cl)c1. The number of aliphatic hydroxyl groups excluding tert-OH is 1. The monoisotopic (exact) mass is 285 g/mol. The summed E-state index contributed by atoms with van der Waals surface area (Å²) in [4.78, 5) is 12.1. The molecule has 19 heavy (non-hydrogen) atoms. The Hall–Kier alpha value is -1.13. The molecule has 104 valence electrons. The molecule has 1 saturated carbocycles. The van der Waals surface area contributed by atoms with Gasteiger partial charge in [-0.2, -0.15) is 0 Å². The normalized spacial score (nSPS) is 18.1. The largest absolute Gasteiger partial charge is 0.394 e. The zero-order chi connectivity index (χ0) is 13.9. The van der Waals surface area contributed by atoms with Gasteiger partial charge in [-0.1, -0.05) is 30.9 Å². The topological polar surface area (TPSA) is 49.3 Å². The van der Waals surface area contributed by atoms with Crippen molar-refractivity contribution in [1.82, 2.24) is 5.32 Å². The van der Waals surface area contributed by atoms with Crippen LogP contribution in [-0.4, -0.2) is 23.2 Å². The fourth-order valence-electron chi connectivity index (χ4n) is 2.50. The third kappa shape index (κ3) is 3.25. The average Bonchev–Trinajstić information content (AvgIpc) is 2.43. The van der Waals surface area contributed by atoms with E-state index in [0.29, 0.717) is 5.56 Å². The molecule has 0 heterocycles. The molecule has 2 N–H and O–H groups in total. The second-order valence-electron chi connectivity index (χ2n) is 5.08. The number of benzene rings is 1. The predicted octanol–water partition coefficient (Wildman–Crippen LogP) is 2.90. The van der Waals surface area contributed by atoms with E-state index < -0.39 is 11.4 Å². The Balaban J connectivity index is 2.12. The van der Waals surface area contributed by atoms with Crippen LogP contribution in [0.15, 0.2) is 18.2 Å². The number of rotatable bonds is 3. The number of aliphatic hydroxyl groups is 1. The van der Waals surface area contributed by atoms with Gasteiger partial charge in [0.05, 0.1) is 17.2 Å². The van der Waals surface area contributed by atoms with Gasteiger partial charge >= 0.3 is 0 Å². The maximum absolute atomic E-state index is 13.1. The van der Waals surface area contributed by atoms with Crippen LogP contribution in [0.2, 0.25) is 5.02 Å². The zero-order valence-corrected chi connectivity index (χ0v) is 11.3. The lowest BCUT2D eigenvalue weighted by atomic mass is 9.82. The molecule has 0 radical (unpaired) electrons. The first kappa shape index (κ1) is 14.3. The van der Waals surface area contributed by atoms with Crippen molar-refractivity contribution in [3.63, 3.8) is 0 Å². The predicted molar refractivity (Wildman–Crippen MR) is 71.8 cm³/mol. The lowest BCUT2D eigenvalue weighted by Crippen LogP contribution is -2.52. The molecule has 1 aromatic rings. The summed E-state index contributed by atoms with van der Waals surface area (Å²) in [5.74, 6) is -0.870. The molecular formula is C14H17ClFNO2. The van der Waals surface area contributed by atoms with Crippen molar-refractivity contribution in [2.75, 3.05) is 6.61 Å². The summed E-state index contributed by atoms with van der Waals surface area (Å²) in [7, 11) is 0. The van der Waals surface area contributed by atoms with Crippen molar-refractivity contribution in [2.24, 2.45) is 0 Å². The molecule has 1 aliphatic carbocycles. The van der Waals surface area contributed by atoms with Crippen molar-refractivity contribution >= 4 is 17.5 Å². The van der Waals surface area contributed by atoms with E-state index in [-0.39, 0.29) is 17.5 Å². The first-order valence-corrected chi connectivity index (χ1v) is 6.82. The summed E-state index contributed by atoms with van der Waals surface area (Å²) in [6, 6.07) is 3.87. The van der Waals surface area contributed by atoms with Crippen LogP contribution in [0.1, 0.15) is 42.5 Å². The van der Waals surface area contributed by atoms with Crippen molar-refractivity contribution < 1.29 is 14.3 Å². The summed E-state index contributed by atoms with van der Waals surface area (Å²) in [5, 5.41) is 12.3. The number of carbonyl (C=O) groups excluding carboxylic acids is 1. The van der Waals surface area contributed by atoms with Gasteiger partial charge in [0.25, 0.3) is 5.91 Å². The average molecular weight is 286 g/mol. The van der Waals surface area contributed by atoms with E-state index in [1.165, 1.54) is 18.2 Å². The molecule has 5 heteroatoms. The molecule has 0 unspecified atom stereocenters. The first-order chi connectivity index (χ1) is 9.06. The minimum atomic E-state index is -0.548. The second-order valence-corrected chi connectivity index (χ2v) is 5.49. The Morgan fingerprint density at radius 2 is 2.05 bits per heavy atom. The summed E-state index contributed by atoms with van der Waals surface area (Å²) in [6.07, 6.45) is 4.64. The van der Waals surface area contributed by atoms with E-state index in [4.69, 9.17) is 11.6 Å². The van der Waals surface area contributed by atoms with E-state index in [1.807, 2.05) is 0 Å². The molecule has 1 fully saturated rings. The Kier molecular flexibility index (Phi) is 4.42. The van der Waals surface area contributed by atoms with Crippen molar-refractivity contribution in [2.45, 2.75) is 37.6 Å². The van der Waals surface area contributed by atoms with Crippen molar-refractivity contribution in [3.05, 3.63) is 34.6 Å². The summed E-state index contributed by atoms with van der Waals surface area (Å²) >= 11 is 5.66. The third-order valence-electron chi connectivity index (χ3n) is 3.67. The van der Waals surface area contributed by atoms with E-state index >= 15 is 0 Å². The van der Waals surface area contributed by atoms with Crippen LogP contribution in [0.25, 0.3) is 0 Å². The van der Waals surface area contributed by atoms with Crippen LogP contribution in [0.4, 0.5) is 4.39 Å². The number of amides is 1. The van der Waals surface area contributed by atoms with Gasteiger partial charge in [-0.3, -0.25) is 4.79 Å². The maximum Gasteiger partial charge on any atom is 0.251 e. The Labute approximate surface area is 116 Å². The van der Waals surface area contributed by atoms with Crippen LogP contribution in [0.3, 0.4) is 0 Å². The molecule has 0 aromatic heterocycles. The van der Waals surface area contributed by atoms with Crippen LogP contribution in [-0.2, 0) is 0 Å². The van der Waals surface area contributed by atoms with Gasteiger partial charge in [0.1, 0.15) is 5.82 Å².